The van der Waals surface area contributed by atoms with Gasteiger partial charge in [-0.3, -0.25) is 9.69 Å². The zero-order chi connectivity index (χ0) is 19.3. The molecule has 4 aliphatic heterocycles. The molecule has 0 radical (unpaired) electrons. The number of fused-ring (bicyclic) bond motifs is 4. The molecule has 1 aromatic carbocycles. The molecule has 4 aliphatic rings. The number of carbonyl (C=O) groups excluding carboxylic acids is 1. The summed E-state index contributed by atoms with van der Waals surface area (Å²) in [5.41, 5.74) is 1.26. The molecule has 4 saturated heterocycles. The number of nitrogens with zero attached hydrogens (tertiary/aromatic N) is 2. The first-order valence-electron chi connectivity index (χ1n) is 10.4. The van der Waals surface area contributed by atoms with Gasteiger partial charge in [0.2, 0.25) is 0 Å². The monoisotopic (exact) mass is 435 g/mol. The largest absolute Gasteiger partial charge is 0.378 e. The van der Waals surface area contributed by atoms with Crippen molar-refractivity contribution in [2.75, 3.05) is 44.3 Å². The summed E-state index contributed by atoms with van der Waals surface area (Å²) in [6.07, 6.45) is 2.40. The fraction of sp³-hybridized carbons (Fsp3) is 0.591. The summed E-state index contributed by atoms with van der Waals surface area (Å²) >= 11 is 1.61. The highest BCUT2D eigenvalue weighted by Crippen LogP contribution is 2.39. The molecule has 1 atom stereocenters. The SMILES string of the molecule is CC1(C)C(NC(=O)c2cc3ccc(N4CCOCC4)cc3s2)C2CCN1CC2.Cl. The molecule has 2 aromatic rings. The van der Waals surface area contributed by atoms with Crippen molar-refractivity contribution in [1.29, 1.82) is 0 Å². The first-order chi connectivity index (χ1) is 13.5. The maximum absolute atomic E-state index is 13.1. The Kier molecular flexibility index (Phi) is 5.81. The summed E-state index contributed by atoms with van der Waals surface area (Å²) in [5, 5.41) is 4.55. The number of anilines is 1. The number of carbonyl (C=O) groups is 1. The molecule has 1 aromatic heterocycles. The molecule has 5 heterocycles. The average Bonchev–Trinajstić information content (AvgIpc) is 3.15. The predicted molar refractivity (Wildman–Crippen MR) is 122 cm³/mol. The van der Waals surface area contributed by atoms with Crippen LogP contribution < -0.4 is 10.2 Å². The second-order valence-corrected chi connectivity index (χ2v) is 9.95. The minimum absolute atomic E-state index is 0. The number of amides is 1. The summed E-state index contributed by atoms with van der Waals surface area (Å²) in [6, 6.07) is 8.81. The fourth-order valence-electron chi connectivity index (χ4n) is 5.24. The highest BCUT2D eigenvalue weighted by molar-refractivity contribution is 7.20. The van der Waals surface area contributed by atoms with Gasteiger partial charge < -0.3 is 15.0 Å². The quantitative estimate of drug-likeness (QED) is 0.797. The summed E-state index contributed by atoms with van der Waals surface area (Å²) in [4.78, 5) is 18.8. The van der Waals surface area contributed by atoms with Gasteiger partial charge in [0.15, 0.2) is 0 Å². The smallest absolute Gasteiger partial charge is 0.261 e. The Morgan fingerprint density at radius 3 is 2.55 bits per heavy atom. The number of halogens is 1. The third-order valence-electron chi connectivity index (χ3n) is 6.98. The zero-order valence-electron chi connectivity index (χ0n) is 17.1. The van der Waals surface area contributed by atoms with E-state index in [0.29, 0.717) is 5.92 Å². The predicted octanol–water partition coefficient (Wildman–Crippen LogP) is 3.76. The molecule has 1 unspecified atom stereocenters. The van der Waals surface area contributed by atoms with E-state index in [9.17, 15) is 4.79 Å². The molecule has 0 saturated carbocycles. The highest BCUT2D eigenvalue weighted by Gasteiger charge is 2.48. The first kappa shape index (κ1) is 20.9. The number of hydrogen-bond acceptors (Lipinski definition) is 5. The van der Waals surface area contributed by atoms with Gasteiger partial charge in [-0.2, -0.15) is 0 Å². The van der Waals surface area contributed by atoms with Gasteiger partial charge in [-0.15, -0.1) is 23.7 Å². The molecular weight excluding hydrogens is 406 g/mol. The van der Waals surface area contributed by atoms with Crippen LogP contribution >= 0.6 is 23.7 Å². The number of rotatable bonds is 3. The van der Waals surface area contributed by atoms with Crippen molar-refractivity contribution in [3.63, 3.8) is 0 Å². The van der Waals surface area contributed by atoms with Gasteiger partial charge in [-0.05, 0) is 69.3 Å². The fourth-order valence-corrected chi connectivity index (χ4v) is 6.24. The van der Waals surface area contributed by atoms with Crippen LogP contribution in [0.3, 0.4) is 0 Å². The molecule has 1 amide bonds. The number of morpholine rings is 1. The van der Waals surface area contributed by atoms with E-state index in [1.165, 1.54) is 23.2 Å². The molecule has 7 heteroatoms. The Morgan fingerprint density at radius 2 is 1.86 bits per heavy atom. The van der Waals surface area contributed by atoms with Crippen LogP contribution in [-0.4, -0.2) is 61.8 Å². The molecule has 5 nitrogen and oxygen atoms in total. The van der Waals surface area contributed by atoms with Gasteiger partial charge in [-0.25, -0.2) is 0 Å². The van der Waals surface area contributed by atoms with E-state index in [2.05, 4.69) is 47.2 Å². The molecule has 158 valence electrons. The summed E-state index contributed by atoms with van der Waals surface area (Å²) in [5.74, 6) is 0.687. The van der Waals surface area contributed by atoms with Gasteiger partial charge >= 0.3 is 0 Å². The van der Waals surface area contributed by atoms with E-state index in [4.69, 9.17) is 4.74 Å². The Bertz CT molecular complexity index is 885. The number of benzene rings is 1. The van der Waals surface area contributed by atoms with Crippen LogP contribution in [0.5, 0.6) is 0 Å². The van der Waals surface area contributed by atoms with Gasteiger partial charge in [0, 0.05) is 35.1 Å². The standard InChI is InChI=1S/C22H29N3O2S.ClH/c1-22(2)20(15-5-7-25(22)8-6-15)23-21(26)19-13-16-3-4-17(14-18(16)28-19)24-9-11-27-12-10-24;/h3-4,13-15,20H,5-12H2,1-2H3,(H,23,26);1H. The lowest BCUT2D eigenvalue weighted by molar-refractivity contribution is -0.0377. The van der Waals surface area contributed by atoms with Gasteiger partial charge in [0.1, 0.15) is 0 Å². The van der Waals surface area contributed by atoms with E-state index in [0.717, 1.165) is 49.7 Å². The molecule has 0 spiro atoms. The minimum Gasteiger partial charge on any atom is -0.378 e. The van der Waals surface area contributed by atoms with Crippen LogP contribution in [-0.2, 0) is 4.74 Å². The third kappa shape index (κ3) is 3.76. The zero-order valence-corrected chi connectivity index (χ0v) is 18.8. The maximum atomic E-state index is 13.1. The van der Waals surface area contributed by atoms with Crippen molar-refractivity contribution < 1.29 is 9.53 Å². The van der Waals surface area contributed by atoms with Crippen LogP contribution in [0.25, 0.3) is 10.1 Å². The van der Waals surface area contributed by atoms with Crippen molar-refractivity contribution in [2.24, 2.45) is 5.92 Å². The molecule has 1 N–H and O–H groups in total. The lowest BCUT2D eigenvalue weighted by Crippen LogP contribution is -2.69. The van der Waals surface area contributed by atoms with E-state index in [-0.39, 0.29) is 29.9 Å². The maximum Gasteiger partial charge on any atom is 0.261 e. The number of hydrogen-bond donors (Lipinski definition) is 1. The van der Waals surface area contributed by atoms with E-state index in [1.807, 2.05) is 6.07 Å². The van der Waals surface area contributed by atoms with Gasteiger partial charge in [0.25, 0.3) is 5.91 Å². The van der Waals surface area contributed by atoms with Crippen LogP contribution in [0.1, 0.15) is 36.4 Å². The Labute approximate surface area is 182 Å². The number of ether oxygens (including phenoxy) is 1. The third-order valence-corrected chi connectivity index (χ3v) is 8.07. The van der Waals surface area contributed by atoms with Crippen molar-refractivity contribution >= 4 is 45.4 Å². The Hall–Kier alpha value is -1.34. The normalized spacial score (nSPS) is 28.2. The molecule has 29 heavy (non-hydrogen) atoms. The Morgan fingerprint density at radius 1 is 1.14 bits per heavy atom. The van der Waals surface area contributed by atoms with Crippen molar-refractivity contribution in [3.8, 4) is 0 Å². The Balaban J connectivity index is 0.00000205. The van der Waals surface area contributed by atoms with E-state index >= 15 is 0 Å². The highest BCUT2D eigenvalue weighted by atomic mass is 35.5. The second-order valence-electron chi connectivity index (χ2n) is 8.86. The van der Waals surface area contributed by atoms with E-state index < -0.39 is 0 Å². The molecular formula is C22H30ClN3O2S. The lowest BCUT2D eigenvalue weighted by Gasteiger charge is -2.56. The van der Waals surface area contributed by atoms with E-state index in [1.54, 1.807) is 11.3 Å². The number of piperidine rings is 3. The van der Waals surface area contributed by atoms with Crippen molar-refractivity contribution in [3.05, 3.63) is 29.1 Å². The summed E-state index contributed by atoms with van der Waals surface area (Å²) in [6.45, 7) is 10.3. The molecule has 0 aliphatic carbocycles. The number of thiophene rings is 1. The van der Waals surface area contributed by atoms with Crippen LogP contribution in [0.15, 0.2) is 24.3 Å². The molecule has 4 fully saturated rings. The van der Waals surface area contributed by atoms with Crippen LogP contribution in [0.2, 0.25) is 0 Å². The van der Waals surface area contributed by atoms with Crippen LogP contribution in [0.4, 0.5) is 5.69 Å². The van der Waals surface area contributed by atoms with Crippen LogP contribution in [0, 0.1) is 5.92 Å². The van der Waals surface area contributed by atoms with Crippen molar-refractivity contribution in [1.82, 2.24) is 10.2 Å². The minimum atomic E-state index is 0. The van der Waals surface area contributed by atoms with Crippen molar-refractivity contribution in [2.45, 2.75) is 38.3 Å². The summed E-state index contributed by atoms with van der Waals surface area (Å²) < 4.78 is 6.64. The lowest BCUT2D eigenvalue weighted by atomic mass is 9.72. The average molecular weight is 436 g/mol. The molecule has 2 bridgehead atoms. The van der Waals surface area contributed by atoms with Gasteiger partial charge in [-0.1, -0.05) is 6.07 Å². The topological polar surface area (TPSA) is 44.8 Å². The molecule has 6 rings (SSSR count). The van der Waals surface area contributed by atoms with Gasteiger partial charge in [0.05, 0.1) is 18.1 Å². The number of nitrogens with one attached hydrogen (secondary N) is 1. The summed E-state index contributed by atoms with van der Waals surface area (Å²) in [7, 11) is 0. The second kappa shape index (κ2) is 8.06. The first-order valence-corrected chi connectivity index (χ1v) is 11.3.